The Morgan fingerprint density at radius 1 is 1.30 bits per heavy atom. The maximum Gasteiger partial charge on any atom is 0.445 e. The largest absolute Gasteiger partial charge is 0.445 e. The summed E-state index contributed by atoms with van der Waals surface area (Å²) in [6.45, 7) is 0. The Bertz CT molecular complexity index is 586. The van der Waals surface area contributed by atoms with Crippen molar-refractivity contribution in [2.45, 2.75) is 19.0 Å². The number of carbonyl (C=O) groups is 1. The van der Waals surface area contributed by atoms with Gasteiger partial charge in [0.05, 0.1) is 5.69 Å². The monoisotopic (exact) mass is 303 g/mol. The van der Waals surface area contributed by atoms with Crippen LogP contribution in [0.1, 0.15) is 17.1 Å². The van der Waals surface area contributed by atoms with Gasteiger partial charge >= 0.3 is 6.18 Å². The van der Waals surface area contributed by atoms with Crippen LogP contribution < -0.4 is 5.32 Å². The molecule has 0 unspecified atom stereocenters. The van der Waals surface area contributed by atoms with Gasteiger partial charge in [0, 0.05) is 25.0 Å². The molecule has 0 atom stereocenters. The quantitative estimate of drug-likeness (QED) is 0.933. The molecule has 2 heterocycles. The van der Waals surface area contributed by atoms with Gasteiger partial charge in [-0.15, -0.1) is 10.2 Å². The number of aromatic nitrogens is 4. The standard InChI is InChI=1S/C10H8F3N5OS/c11-10(12,13)8-17-18-9(20-8)16-7(19)2-1-6-5-14-3-4-15-6/h3-5H,1-2H2,(H,16,18,19). The lowest BCUT2D eigenvalue weighted by atomic mass is 10.2. The first kappa shape index (κ1) is 14.3. The minimum absolute atomic E-state index is 0.0691. The number of carbonyl (C=O) groups excluding carboxylic acids is 1. The van der Waals surface area contributed by atoms with Crippen LogP contribution in [-0.4, -0.2) is 26.1 Å². The van der Waals surface area contributed by atoms with Crippen molar-refractivity contribution in [3.63, 3.8) is 0 Å². The molecule has 0 aliphatic heterocycles. The fourth-order valence-electron chi connectivity index (χ4n) is 1.27. The van der Waals surface area contributed by atoms with Gasteiger partial charge in [-0.3, -0.25) is 14.8 Å². The topological polar surface area (TPSA) is 80.7 Å². The van der Waals surface area contributed by atoms with Crippen LogP contribution in [-0.2, 0) is 17.4 Å². The van der Waals surface area contributed by atoms with Gasteiger partial charge in [-0.1, -0.05) is 11.3 Å². The van der Waals surface area contributed by atoms with Gasteiger partial charge in [0.15, 0.2) is 0 Å². The van der Waals surface area contributed by atoms with E-state index in [1.807, 2.05) is 0 Å². The first-order valence-electron chi connectivity index (χ1n) is 5.40. The van der Waals surface area contributed by atoms with Crippen LogP contribution in [0.2, 0.25) is 0 Å². The molecule has 0 saturated carbocycles. The van der Waals surface area contributed by atoms with Gasteiger partial charge in [-0.2, -0.15) is 13.2 Å². The molecule has 2 aromatic rings. The van der Waals surface area contributed by atoms with E-state index >= 15 is 0 Å². The highest BCUT2D eigenvalue weighted by atomic mass is 32.1. The molecular formula is C10H8F3N5OS. The molecule has 0 bridgehead atoms. The summed E-state index contributed by atoms with van der Waals surface area (Å²) in [6, 6.07) is 0. The van der Waals surface area contributed by atoms with Gasteiger partial charge in [0.1, 0.15) is 0 Å². The smallest absolute Gasteiger partial charge is 0.301 e. The van der Waals surface area contributed by atoms with E-state index in [0.717, 1.165) is 0 Å². The lowest BCUT2D eigenvalue weighted by molar-refractivity contribution is -0.138. The predicted octanol–water partition coefficient (Wildman–Crippen LogP) is 1.92. The number of hydrogen-bond acceptors (Lipinski definition) is 6. The second-order valence-corrected chi connectivity index (χ2v) is 4.63. The van der Waals surface area contributed by atoms with E-state index in [-0.39, 0.29) is 22.9 Å². The molecule has 0 spiro atoms. The second-order valence-electron chi connectivity index (χ2n) is 3.66. The third kappa shape index (κ3) is 3.95. The van der Waals surface area contributed by atoms with Crippen molar-refractivity contribution in [3.05, 3.63) is 29.3 Å². The van der Waals surface area contributed by atoms with Gasteiger partial charge < -0.3 is 5.32 Å². The molecule has 2 aromatic heterocycles. The predicted molar refractivity (Wildman–Crippen MR) is 63.9 cm³/mol. The fraction of sp³-hybridized carbons (Fsp3) is 0.300. The van der Waals surface area contributed by atoms with E-state index in [1.54, 1.807) is 0 Å². The van der Waals surface area contributed by atoms with Gasteiger partial charge in [-0.05, 0) is 6.42 Å². The van der Waals surface area contributed by atoms with Crippen LogP contribution in [0.4, 0.5) is 18.3 Å². The van der Waals surface area contributed by atoms with E-state index in [9.17, 15) is 18.0 Å². The average molecular weight is 303 g/mol. The molecule has 106 valence electrons. The zero-order valence-electron chi connectivity index (χ0n) is 9.89. The van der Waals surface area contributed by atoms with Crippen molar-refractivity contribution in [1.29, 1.82) is 0 Å². The number of amides is 1. The Morgan fingerprint density at radius 2 is 2.10 bits per heavy atom. The molecule has 0 saturated heterocycles. The molecule has 0 aliphatic carbocycles. The maximum absolute atomic E-state index is 12.3. The van der Waals surface area contributed by atoms with E-state index in [2.05, 4.69) is 25.5 Å². The molecule has 1 amide bonds. The molecule has 20 heavy (non-hydrogen) atoms. The van der Waals surface area contributed by atoms with Gasteiger partial charge in [0.2, 0.25) is 16.0 Å². The fourth-order valence-corrected chi connectivity index (χ4v) is 1.90. The Morgan fingerprint density at radius 3 is 2.70 bits per heavy atom. The van der Waals surface area contributed by atoms with E-state index in [4.69, 9.17) is 0 Å². The summed E-state index contributed by atoms with van der Waals surface area (Å²) in [5, 5.41) is 7.22. The third-order valence-electron chi connectivity index (χ3n) is 2.14. The highest BCUT2D eigenvalue weighted by Gasteiger charge is 2.35. The molecular weight excluding hydrogens is 295 g/mol. The summed E-state index contributed by atoms with van der Waals surface area (Å²) < 4.78 is 36.9. The lowest BCUT2D eigenvalue weighted by Gasteiger charge is -2.01. The third-order valence-corrected chi connectivity index (χ3v) is 3.02. The first-order valence-corrected chi connectivity index (χ1v) is 6.22. The van der Waals surface area contributed by atoms with Crippen LogP contribution in [0.3, 0.4) is 0 Å². The summed E-state index contributed by atoms with van der Waals surface area (Å²) >= 11 is 0.283. The number of alkyl halides is 3. The minimum Gasteiger partial charge on any atom is -0.301 e. The molecule has 0 fully saturated rings. The number of anilines is 1. The Balaban J connectivity index is 1.87. The number of aryl methyl sites for hydroxylation is 1. The Labute approximate surface area is 115 Å². The average Bonchev–Trinajstić information content (AvgIpc) is 2.86. The highest BCUT2D eigenvalue weighted by molar-refractivity contribution is 7.15. The summed E-state index contributed by atoms with van der Waals surface area (Å²) in [6.07, 6.45) is 0.363. The van der Waals surface area contributed by atoms with Crippen molar-refractivity contribution >= 4 is 22.4 Å². The lowest BCUT2D eigenvalue weighted by Crippen LogP contribution is -2.12. The van der Waals surface area contributed by atoms with Crippen LogP contribution in [0.15, 0.2) is 18.6 Å². The number of nitrogens with zero attached hydrogens (tertiary/aromatic N) is 4. The van der Waals surface area contributed by atoms with Crippen LogP contribution >= 0.6 is 11.3 Å². The molecule has 6 nitrogen and oxygen atoms in total. The van der Waals surface area contributed by atoms with Crippen molar-refractivity contribution in [2.75, 3.05) is 5.32 Å². The SMILES string of the molecule is O=C(CCc1cnccn1)Nc1nnc(C(F)(F)F)s1. The zero-order chi connectivity index (χ0) is 14.6. The Kier molecular flexibility index (Phi) is 4.23. The van der Waals surface area contributed by atoms with Crippen molar-refractivity contribution in [1.82, 2.24) is 20.2 Å². The van der Waals surface area contributed by atoms with E-state index in [1.165, 1.54) is 18.6 Å². The molecule has 0 aromatic carbocycles. The van der Waals surface area contributed by atoms with Crippen molar-refractivity contribution < 1.29 is 18.0 Å². The number of nitrogens with one attached hydrogen (secondary N) is 1. The van der Waals surface area contributed by atoms with Crippen molar-refractivity contribution in [2.24, 2.45) is 0 Å². The van der Waals surface area contributed by atoms with Gasteiger partial charge in [-0.25, -0.2) is 0 Å². The molecule has 10 heteroatoms. The van der Waals surface area contributed by atoms with E-state index < -0.39 is 17.1 Å². The van der Waals surface area contributed by atoms with Gasteiger partial charge in [0.25, 0.3) is 0 Å². The summed E-state index contributed by atoms with van der Waals surface area (Å²) in [4.78, 5) is 19.4. The molecule has 0 aliphatic rings. The first-order chi connectivity index (χ1) is 9.45. The molecule has 0 radical (unpaired) electrons. The number of rotatable bonds is 4. The molecule has 1 N–H and O–H groups in total. The number of hydrogen-bond donors (Lipinski definition) is 1. The zero-order valence-corrected chi connectivity index (χ0v) is 10.7. The van der Waals surface area contributed by atoms with E-state index in [0.29, 0.717) is 12.1 Å². The van der Waals surface area contributed by atoms with Crippen LogP contribution in [0.5, 0.6) is 0 Å². The summed E-state index contributed by atoms with van der Waals surface area (Å²) in [5.41, 5.74) is 0.621. The van der Waals surface area contributed by atoms with Crippen LogP contribution in [0.25, 0.3) is 0 Å². The number of halogens is 3. The second kappa shape index (κ2) is 5.90. The summed E-state index contributed by atoms with van der Waals surface area (Å²) in [7, 11) is 0. The van der Waals surface area contributed by atoms with Crippen molar-refractivity contribution in [3.8, 4) is 0 Å². The maximum atomic E-state index is 12.3. The Hall–Kier alpha value is -2.10. The van der Waals surface area contributed by atoms with Crippen LogP contribution in [0, 0.1) is 0 Å². The summed E-state index contributed by atoms with van der Waals surface area (Å²) in [5.74, 6) is -0.458. The highest BCUT2D eigenvalue weighted by Crippen LogP contribution is 2.32. The molecule has 2 rings (SSSR count). The normalized spacial score (nSPS) is 11.3. The minimum atomic E-state index is -4.56.